The number of methoxy groups -OCH3 is 1. The van der Waals surface area contributed by atoms with Crippen molar-refractivity contribution in [1.82, 2.24) is 0 Å². The fourth-order valence-corrected chi connectivity index (χ4v) is 9.73. The molecule has 1 aromatic rings. The Bertz CT molecular complexity index is 593. The van der Waals surface area contributed by atoms with E-state index in [9.17, 15) is 0 Å². The highest BCUT2D eigenvalue weighted by molar-refractivity contribution is 7.76. The summed E-state index contributed by atoms with van der Waals surface area (Å²) in [7, 11) is 0.840. The first-order valence-electron chi connectivity index (χ1n) is 13.3. The zero-order valence-electron chi connectivity index (χ0n) is 22.5. The van der Waals surface area contributed by atoms with Gasteiger partial charge in [-0.1, -0.05) is 72.1 Å². The van der Waals surface area contributed by atoms with E-state index in [4.69, 9.17) is 9.47 Å². The molecule has 2 nitrogen and oxygen atoms in total. The van der Waals surface area contributed by atoms with Crippen LogP contribution in [0, 0.1) is 5.92 Å². The van der Waals surface area contributed by atoms with E-state index in [0.29, 0.717) is 12.5 Å². The molecule has 0 aliphatic heterocycles. The van der Waals surface area contributed by atoms with E-state index in [0.717, 1.165) is 18.8 Å². The van der Waals surface area contributed by atoms with Gasteiger partial charge in [-0.05, 0) is 61.3 Å². The summed E-state index contributed by atoms with van der Waals surface area (Å²) in [6.45, 7) is 13.3. The number of unbranched alkanes of at least 4 members (excludes halogenated alkanes) is 3. The average Bonchev–Trinajstić information content (AvgIpc) is 2.82. The van der Waals surface area contributed by atoms with Crippen LogP contribution >= 0.6 is 7.26 Å². The lowest BCUT2D eigenvalue weighted by Gasteiger charge is -2.29. The fraction of sp³-hybridized carbons (Fsp3) is 0.724. The summed E-state index contributed by atoms with van der Waals surface area (Å²) < 4.78 is 11.2. The van der Waals surface area contributed by atoms with Crippen molar-refractivity contribution in [2.75, 3.05) is 38.4 Å². The van der Waals surface area contributed by atoms with Crippen LogP contribution in [0.15, 0.2) is 35.9 Å². The predicted octanol–water partition coefficient (Wildman–Crippen LogP) is 6.00. The molecule has 0 amide bonds. The van der Waals surface area contributed by atoms with Gasteiger partial charge in [-0.2, -0.15) is 0 Å². The van der Waals surface area contributed by atoms with Gasteiger partial charge in [-0.15, -0.1) is 0 Å². The summed E-state index contributed by atoms with van der Waals surface area (Å²) >= 11 is 0. The highest BCUT2D eigenvalue weighted by Gasteiger charge is 2.36. The van der Waals surface area contributed by atoms with E-state index in [2.05, 4.69) is 52.8 Å². The molecule has 0 unspecified atom stereocenters. The first-order valence-corrected chi connectivity index (χ1v) is 15.8. The van der Waals surface area contributed by atoms with Crippen molar-refractivity contribution in [3.05, 3.63) is 41.5 Å². The van der Waals surface area contributed by atoms with Gasteiger partial charge in [-0.25, -0.2) is 0 Å². The van der Waals surface area contributed by atoms with E-state index < -0.39 is 7.26 Å². The maximum atomic E-state index is 5.98. The molecule has 0 saturated carbocycles. The van der Waals surface area contributed by atoms with Gasteiger partial charge < -0.3 is 26.5 Å². The van der Waals surface area contributed by atoms with Gasteiger partial charge >= 0.3 is 0 Å². The first-order chi connectivity index (χ1) is 15.5. The highest BCUT2D eigenvalue weighted by Crippen LogP contribution is 2.62. The minimum absolute atomic E-state index is 0. The van der Waals surface area contributed by atoms with E-state index in [1.807, 2.05) is 12.1 Å². The van der Waals surface area contributed by atoms with Crippen molar-refractivity contribution >= 4 is 7.26 Å². The second-order valence-electron chi connectivity index (χ2n) is 9.58. The molecule has 1 atom stereocenters. The molecule has 33 heavy (non-hydrogen) atoms. The number of hydrogen-bond acceptors (Lipinski definition) is 2. The van der Waals surface area contributed by atoms with Gasteiger partial charge in [0.2, 0.25) is 0 Å². The molecule has 192 valence electrons. The number of halogens is 1. The summed E-state index contributed by atoms with van der Waals surface area (Å²) in [5.41, 5.74) is 2.94. The standard InChI is InChI=1S/C29H52O2P.BrH/c1-7-11-20-32(21-12-8-2,22-13-9-3)25-27(10-4)23-26(5)18-19-31-24-28-14-16-29(30-6)17-15-28;/h14-17,23,26H,7-13,18-22,24-25H2,1-6H3;1H/q+1;/p-1/b27-23-;/t26-;/m1./s1. The lowest BCUT2D eigenvalue weighted by Crippen LogP contribution is -3.00. The van der Waals surface area contributed by atoms with Crippen molar-refractivity contribution in [2.45, 2.75) is 92.6 Å². The van der Waals surface area contributed by atoms with Crippen LogP contribution in [0.1, 0.15) is 91.5 Å². The van der Waals surface area contributed by atoms with Crippen molar-refractivity contribution in [3.63, 3.8) is 0 Å². The van der Waals surface area contributed by atoms with E-state index in [1.54, 1.807) is 12.7 Å². The van der Waals surface area contributed by atoms with Gasteiger partial charge in [0.1, 0.15) is 5.75 Å². The molecule has 0 N–H and O–H groups in total. The number of benzene rings is 1. The Hall–Kier alpha value is -0.370. The largest absolute Gasteiger partial charge is 1.00 e. The second-order valence-corrected chi connectivity index (χ2v) is 13.9. The van der Waals surface area contributed by atoms with Crippen LogP contribution in [-0.2, 0) is 11.3 Å². The van der Waals surface area contributed by atoms with Crippen LogP contribution in [0.4, 0.5) is 0 Å². The molecule has 0 heterocycles. The Morgan fingerprint density at radius 1 is 0.909 bits per heavy atom. The minimum Gasteiger partial charge on any atom is -1.00 e. The van der Waals surface area contributed by atoms with Gasteiger partial charge in [0.15, 0.2) is 0 Å². The Labute approximate surface area is 217 Å². The monoisotopic (exact) mass is 542 g/mol. The van der Waals surface area contributed by atoms with E-state index >= 15 is 0 Å². The van der Waals surface area contributed by atoms with Gasteiger partial charge in [0, 0.05) is 13.9 Å². The molecule has 0 fully saturated rings. The SMILES string of the molecule is CCCC[P+](CCCC)(CCCC)C/C(=C\[C@H](C)CCOCc1ccc(OC)cc1)CC.[Br-]. The molecule has 0 aliphatic carbocycles. The molecule has 0 saturated heterocycles. The van der Waals surface area contributed by atoms with Crippen molar-refractivity contribution in [3.8, 4) is 5.75 Å². The summed E-state index contributed by atoms with van der Waals surface area (Å²) in [5, 5.41) is 0. The van der Waals surface area contributed by atoms with Crippen molar-refractivity contribution < 1.29 is 26.5 Å². The molecule has 1 aromatic carbocycles. The highest BCUT2D eigenvalue weighted by atomic mass is 79.9. The Balaban J connectivity index is 0.0000102. The lowest BCUT2D eigenvalue weighted by atomic mass is 10.0. The molecule has 1 rings (SSSR count). The smallest absolute Gasteiger partial charge is 0.118 e. The quantitative estimate of drug-likeness (QED) is 0.121. The molecular formula is C29H52BrO2P. The van der Waals surface area contributed by atoms with Crippen LogP contribution in [0.2, 0.25) is 0 Å². The van der Waals surface area contributed by atoms with Gasteiger partial charge in [-0.3, -0.25) is 0 Å². The van der Waals surface area contributed by atoms with E-state index in [1.165, 1.54) is 75.2 Å². The molecule has 0 bridgehead atoms. The summed E-state index contributed by atoms with van der Waals surface area (Å²) in [6.07, 6.45) is 19.2. The number of rotatable bonds is 19. The van der Waals surface area contributed by atoms with E-state index in [-0.39, 0.29) is 17.0 Å². The van der Waals surface area contributed by atoms with Crippen LogP contribution < -0.4 is 21.7 Å². The Kier molecular flexibility index (Phi) is 19.7. The summed E-state index contributed by atoms with van der Waals surface area (Å²) in [4.78, 5) is 0. The third-order valence-corrected chi connectivity index (χ3v) is 11.5. The van der Waals surface area contributed by atoms with Gasteiger partial charge in [0.05, 0.1) is 38.4 Å². The van der Waals surface area contributed by atoms with Crippen LogP contribution in [0.25, 0.3) is 0 Å². The number of allylic oxidation sites excluding steroid dienone is 2. The van der Waals surface area contributed by atoms with Crippen LogP contribution in [-0.4, -0.2) is 38.4 Å². The van der Waals surface area contributed by atoms with Crippen molar-refractivity contribution in [1.29, 1.82) is 0 Å². The molecule has 0 aromatic heterocycles. The molecular weight excluding hydrogens is 491 g/mol. The maximum Gasteiger partial charge on any atom is 0.118 e. The molecule has 0 radical (unpaired) electrons. The minimum atomic E-state index is -0.863. The predicted molar refractivity (Wildman–Crippen MR) is 146 cm³/mol. The topological polar surface area (TPSA) is 18.5 Å². The normalized spacial score (nSPS) is 13.0. The third kappa shape index (κ3) is 13.9. The lowest BCUT2D eigenvalue weighted by molar-refractivity contribution is -0.00000819. The second kappa shape index (κ2) is 19.9. The number of hydrogen-bond donors (Lipinski definition) is 0. The van der Waals surface area contributed by atoms with Gasteiger partial charge in [0.25, 0.3) is 0 Å². The zero-order valence-corrected chi connectivity index (χ0v) is 25.0. The average molecular weight is 544 g/mol. The van der Waals surface area contributed by atoms with Crippen LogP contribution in [0.3, 0.4) is 0 Å². The third-order valence-electron chi connectivity index (χ3n) is 6.62. The number of ether oxygens (including phenoxy) is 2. The maximum absolute atomic E-state index is 5.98. The molecule has 0 aliphatic rings. The Morgan fingerprint density at radius 3 is 1.91 bits per heavy atom. The van der Waals surface area contributed by atoms with Crippen LogP contribution in [0.5, 0.6) is 5.75 Å². The molecule has 0 spiro atoms. The molecule has 4 heteroatoms. The van der Waals surface area contributed by atoms with Crippen molar-refractivity contribution in [2.24, 2.45) is 5.92 Å². The first kappa shape index (κ1) is 32.6. The summed E-state index contributed by atoms with van der Waals surface area (Å²) in [6, 6.07) is 8.18. The summed E-state index contributed by atoms with van der Waals surface area (Å²) in [5.74, 6) is 1.49. The zero-order chi connectivity index (χ0) is 23.7. The fourth-order valence-electron chi connectivity index (χ4n) is 4.43. The Morgan fingerprint density at radius 2 is 1.45 bits per heavy atom.